The quantitative estimate of drug-likeness (QED) is 0.706. The highest BCUT2D eigenvalue weighted by molar-refractivity contribution is 6.00. The molecule has 2 heterocycles. The maximum absolute atomic E-state index is 13.1. The van der Waals surface area contributed by atoms with E-state index in [-0.39, 0.29) is 24.2 Å². The summed E-state index contributed by atoms with van der Waals surface area (Å²) in [5.74, 6) is -0.156. The van der Waals surface area contributed by atoms with E-state index < -0.39 is 0 Å². The maximum atomic E-state index is 13.1. The number of amides is 2. The van der Waals surface area contributed by atoms with E-state index in [0.29, 0.717) is 19.6 Å². The number of hydrogen-bond acceptors (Lipinski definition) is 3. The van der Waals surface area contributed by atoms with E-state index in [4.69, 9.17) is 0 Å². The molecule has 1 fully saturated rings. The Morgan fingerprint density at radius 3 is 2.57 bits per heavy atom. The second-order valence-corrected chi connectivity index (χ2v) is 7.32. The minimum absolute atomic E-state index is 0.0313. The van der Waals surface area contributed by atoms with Gasteiger partial charge in [-0.25, -0.2) is 0 Å². The molecule has 1 aliphatic rings. The van der Waals surface area contributed by atoms with Crippen LogP contribution in [0.15, 0.2) is 48.7 Å². The van der Waals surface area contributed by atoms with Gasteiger partial charge in [-0.05, 0) is 42.7 Å². The number of nitrogens with zero attached hydrogens (tertiary/aromatic N) is 3. The van der Waals surface area contributed by atoms with Crippen LogP contribution in [0.25, 0.3) is 0 Å². The third-order valence-electron chi connectivity index (χ3n) is 5.30. The zero-order chi connectivity index (χ0) is 19.9. The second-order valence-electron chi connectivity index (χ2n) is 7.32. The summed E-state index contributed by atoms with van der Waals surface area (Å²) in [5.41, 5.74) is 3.11. The van der Waals surface area contributed by atoms with Gasteiger partial charge in [0.25, 0.3) is 0 Å². The topological polar surface area (TPSA) is 53.5 Å². The first-order valence-corrected chi connectivity index (χ1v) is 10.2. The Hall–Kier alpha value is -2.69. The van der Waals surface area contributed by atoms with Gasteiger partial charge in [0.1, 0.15) is 0 Å². The summed E-state index contributed by atoms with van der Waals surface area (Å²) in [4.78, 5) is 33.7. The van der Waals surface area contributed by atoms with Crippen molar-refractivity contribution >= 4 is 17.5 Å². The lowest BCUT2D eigenvalue weighted by Gasteiger charge is -2.25. The van der Waals surface area contributed by atoms with Crippen LogP contribution in [0.3, 0.4) is 0 Å². The molecule has 2 amide bonds. The first-order chi connectivity index (χ1) is 13.6. The summed E-state index contributed by atoms with van der Waals surface area (Å²) < 4.78 is 0. The van der Waals surface area contributed by atoms with E-state index in [1.165, 1.54) is 5.56 Å². The van der Waals surface area contributed by atoms with Crippen molar-refractivity contribution in [1.82, 2.24) is 9.88 Å². The minimum Gasteiger partial charge on any atom is -0.342 e. The van der Waals surface area contributed by atoms with Crippen LogP contribution in [-0.2, 0) is 22.4 Å². The van der Waals surface area contributed by atoms with Crippen molar-refractivity contribution in [3.8, 4) is 0 Å². The van der Waals surface area contributed by atoms with Crippen molar-refractivity contribution in [3.05, 3.63) is 59.9 Å². The van der Waals surface area contributed by atoms with Crippen LogP contribution in [0.5, 0.6) is 0 Å². The standard InChI is InChI=1S/C23H29N3O2/c1-3-14-25(15-12-20-7-5-6-13-24-20)23(28)19-16-22(27)26(17-19)21-10-8-18(4-2)9-11-21/h5-11,13,19H,3-4,12,14-17H2,1-2H3/t19-/m1/s1. The van der Waals surface area contributed by atoms with Gasteiger partial charge in [0.05, 0.1) is 5.92 Å². The van der Waals surface area contributed by atoms with Crippen molar-refractivity contribution in [2.24, 2.45) is 5.92 Å². The van der Waals surface area contributed by atoms with Crippen LogP contribution >= 0.6 is 0 Å². The largest absolute Gasteiger partial charge is 0.342 e. The Balaban J connectivity index is 1.64. The molecule has 5 heteroatoms. The van der Waals surface area contributed by atoms with Gasteiger partial charge in [0.15, 0.2) is 0 Å². The lowest BCUT2D eigenvalue weighted by Crippen LogP contribution is -2.39. The molecule has 3 rings (SSSR count). The fraction of sp³-hybridized carbons (Fsp3) is 0.435. The van der Waals surface area contributed by atoms with E-state index in [9.17, 15) is 9.59 Å². The molecule has 1 aromatic heterocycles. The van der Waals surface area contributed by atoms with Gasteiger partial charge in [-0.3, -0.25) is 14.6 Å². The number of aromatic nitrogens is 1. The summed E-state index contributed by atoms with van der Waals surface area (Å²) in [6.07, 6.45) is 4.67. The summed E-state index contributed by atoms with van der Waals surface area (Å²) in [5, 5.41) is 0. The minimum atomic E-state index is -0.270. The van der Waals surface area contributed by atoms with Crippen molar-refractivity contribution in [2.45, 2.75) is 39.5 Å². The molecule has 148 valence electrons. The van der Waals surface area contributed by atoms with Crippen LogP contribution in [0.4, 0.5) is 5.69 Å². The van der Waals surface area contributed by atoms with Gasteiger partial charge in [0, 0.05) is 50.1 Å². The molecule has 1 aliphatic heterocycles. The number of aryl methyl sites for hydroxylation is 1. The van der Waals surface area contributed by atoms with Crippen molar-refractivity contribution in [2.75, 3.05) is 24.5 Å². The smallest absolute Gasteiger partial charge is 0.228 e. The van der Waals surface area contributed by atoms with Crippen molar-refractivity contribution in [1.29, 1.82) is 0 Å². The molecule has 0 unspecified atom stereocenters. The lowest BCUT2D eigenvalue weighted by atomic mass is 10.1. The van der Waals surface area contributed by atoms with Crippen molar-refractivity contribution < 1.29 is 9.59 Å². The lowest BCUT2D eigenvalue weighted by molar-refractivity contribution is -0.135. The molecule has 0 aliphatic carbocycles. The number of anilines is 1. The van der Waals surface area contributed by atoms with E-state index >= 15 is 0 Å². The summed E-state index contributed by atoms with van der Waals surface area (Å²) >= 11 is 0. The monoisotopic (exact) mass is 379 g/mol. The first-order valence-electron chi connectivity index (χ1n) is 10.2. The van der Waals surface area contributed by atoms with Crippen LogP contribution in [0, 0.1) is 5.92 Å². The van der Waals surface area contributed by atoms with Gasteiger partial charge in [-0.1, -0.05) is 32.0 Å². The highest BCUT2D eigenvalue weighted by atomic mass is 16.2. The van der Waals surface area contributed by atoms with E-state index in [1.54, 1.807) is 11.1 Å². The summed E-state index contributed by atoms with van der Waals surface area (Å²) in [6, 6.07) is 13.9. The molecule has 2 aromatic rings. The van der Waals surface area contributed by atoms with E-state index in [1.807, 2.05) is 47.4 Å². The third-order valence-corrected chi connectivity index (χ3v) is 5.30. The summed E-state index contributed by atoms with van der Waals surface area (Å²) in [7, 11) is 0. The van der Waals surface area contributed by atoms with E-state index in [0.717, 1.165) is 30.6 Å². The van der Waals surface area contributed by atoms with Crippen molar-refractivity contribution in [3.63, 3.8) is 0 Å². The zero-order valence-corrected chi connectivity index (χ0v) is 16.8. The molecular weight excluding hydrogens is 350 g/mol. The van der Waals surface area contributed by atoms with Gasteiger partial charge >= 0.3 is 0 Å². The van der Waals surface area contributed by atoms with Gasteiger partial charge < -0.3 is 9.80 Å². The number of rotatable bonds is 8. The average Bonchev–Trinajstić information content (AvgIpc) is 3.13. The second kappa shape index (κ2) is 9.49. The molecule has 0 saturated carbocycles. The maximum Gasteiger partial charge on any atom is 0.228 e. The van der Waals surface area contributed by atoms with Crippen LogP contribution in [-0.4, -0.2) is 41.3 Å². The van der Waals surface area contributed by atoms with E-state index in [2.05, 4.69) is 18.8 Å². The molecule has 1 aromatic carbocycles. The molecular formula is C23H29N3O2. The molecule has 0 spiro atoms. The molecule has 1 saturated heterocycles. The number of pyridine rings is 1. The predicted octanol–water partition coefficient (Wildman–Crippen LogP) is 3.48. The summed E-state index contributed by atoms with van der Waals surface area (Å²) in [6.45, 7) is 5.99. The molecule has 5 nitrogen and oxygen atoms in total. The number of hydrogen-bond donors (Lipinski definition) is 0. The predicted molar refractivity (Wildman–Crippen MR) is 111 cm³/mol. The molecule has 28 heavy (non-hydrogen) atoms. The highest BCUT2D eigenvalue weighted by Gasteiger charge is 2.37. The fourth-order valence-corrected chi connectivity index (χ4v) is 3.69. The Labute approximate surface area is 167 Å². The van der Waals surface area contributed by atoms with Crippen LogP contribution in [0.1, 0.15) is 37.9 Å². The molecule has 0 radical (unpaired) electrons. The Kier molecular flexibility index (Phi) is 6.80. The van der Waals surface area contributed by atoms with Crippen LogP contribution in [0.2, 0.25) is 0 Å². The van der Waals surface area contributed by atoms with Gasteiger partial charge in [-0.2, -0.15) is 0 Å². The molecule has 0 N–H and O–H groups in total. The van der Waals surface area contributed by atoms with Gasteiger partial charge in [-0.15, -0.1) is 0 Å². The Morgan fingerprint density at radius 2 is 1.93 bits per heavy atom. The normalized spacial score (nSPS) is 16.4. The fourth-order valence-electron chi connectivity index (χ4n) is 3.69. The number of carbonyl (C=O) groups excluding carboxylic acids is 2. The molecule has 0 bridgehead atoms. The highest BCUT2D eigenvalue weighted by Crippen LogP contribution is 2.27. The Morgan fingerprint density at radius 1 is 1.14 bits per heavy atom. The molecule has 1 atom stereocenters. The number of benzene rings is 1. The van der Waals surface area contributed by atoms with Gasteiger partial charge in [0.2, 0.25) is 11.8 Å². The Bertz CT molecular complexity index is 789. The number of carbonyl (C=O) groups is 2. The van der Waals surface area contributed by atoms with Crippen LogP contribution < -0.4 is 4.90 Å². The first kappa shape index (κ1) is 20.1. The third kappa shape index (κ3) is 4.77. The zero-order valence-electron chi connectivity index (χ0n) is 16.8. The SMILES string of the molecule is CCCN(CCc1ccccn1)C(=O)[C@@H]1CC(=O)N(c2ccc(CC)cc2)C1. The average molecular weight is 380 g/mol.